The number of anilines is 1. The first kappa shape index (κ1) is 19.2. The lowest BCUT2D eigenvalue weighted by atomic mass is 10.1. The number of amides is 1. The third-order valence-corrected chi connectivity index (χ3v) is 5.55. The van der Waals surface area contributed by atoms with E-state index >= 15 is 0 Å². The van der Waals surface area contributed by atoms with Crippen LogP contribution in [0.4, 0.5) is 5.69 Å². The Morgan fingerprint density at radius 3 is 2.39 bits per heavy atom. The lowest BCUT2D eigenvalue weighted by Crippen LogP contribution is -2.35. The number of rotatable bonds is 5. The number of ether oxygens (including phenoxy) is 3. The summed E-state index contributed by atoms with van der Waals surface area (Å²) in [6.45, 7) is 5.48. The molecular weight excluding hydrogens is 424 g/mol. The van der Waals surface area contributed by atoms with E-state index in [2.05, 4.69) is 38.3 Å². The molecule has 2 aromatic rings. The van der Waals surface area contributed by atoms with Gasteiger partial charge in [0.25, 0.3) is 0 Å². The van der Waals surface area contributed by atoms with Crippen LogP contribution in [0, 0.1) is 0 Å². The highest BCUT2D eigenvalue weighted by Gasteiger charge is 2.17. The van der Waals surface area contributed by atoms with Gasteiger partial charge in [-0.15, -0.1) is 0 Å². The van der Waals surface area contributed by atoms with Gasteiger partial charge >= 0.3 is 0 Å². The van der Waals surface area contributed by atoms with E-state index in [1.165, 1.54) is 5.56 Å². The zero-order valence-electron chi connectivity index (χ0n) is 15.6. The maximum absolute atomic E-state index is 12.5. The summed E-state index contributed by atoms with van der Waals surface area (Å²) in [6, 6.07) is 11.7. The summed E-state index contributed by atoms with van der Waals surface area (Å²) in [5, 5.41) is 2.96. The Hall–Kier alpha value is -2.09. The van der Waals surface area contributed by atoms with Crippen LogP contribution < -0.4 is 14.8 Å². The molecule has 0 radical (unpaired) electrons. The van der Waals surface area contributed by atoms with Crippen LogP contribution in [0.2, 0.25) is 0 Å². The first-order valence-electron chi connectivity index (χ1n) is 9.44. The molecule has 28 heavy (non-hydrogen) atoms. The normalized spacial score (nSPS) is 16.6. The van der Waals surface area contributed by atoms with E-state index in [4.69, 9.17) is 14.2 Å². The predicted octanol–water partition coefficient (Wildman–Crippen LogP) is 3.23. The number of benzene rings is 2. The van der Waals surface area contributed by atoms with E-state index in [0.29, 0.717) is 24.7 Å². The van der Waals surface area contributed by atoms with Gasteiger partial charge in [-0.25, -0.2) is 0 Å². The Bertz CT molecular complexity index is 835. The molecule has 1 N–H and O–H groups in total. The molecule has 2 heterocycles. The molecule has 0 atom stereocenters. The topological polar surface area (TPSA) is 60.0 Å². The fourth-order valence-electron chi connectivity index (χ4n) is 3.33. The van der Waals surface area contributed by atoms with Crippen LogP contribution >= 0.6 is 15.9 Å². The Labute approximate surface area is 172 Å². The predicted molar refractivity (Wildman–Crippen MR) is 110 cm³/mol. The van der Waals surface area contributed by atoms with Gasteiger partial charge < -0.3 is 19.5 Å². The van der Waals surface area contributed by atoms with Gasteiger partial charge in [0.15, 0.2) is 11.5 Å². The number of halogens is 1. The van der Waals surface area contributed by atoms with Gasteiger partial charge in [0, 0.05) is 29.8 Å². The number of hydrogen-bond donors (Lipinski definition) is 1. The largest absolute Gasteiger partial charge is 0.486 e. The van der Waals surface area contributed by atoms with Crippen molar-refractivity contribution in [1.82, 2.24) is 4.90 Å². The number of carbonyl (C=O) groups is 1. The van der Waals surface area contributed by atoms with Crippen LogP contribution in [-0.4, -0.2) is 50.3 Å². The van der Waals surface area contributed by atoms with Gasteiger partial charge in [-0.3, -0.25) is 9.69 Å². The second-order valence-corrected chi connectivity index (χ2v) is 7.75. The summed E-state index contributed by atoms with van der Waals surface area (Å²) in [6.07, 6.45) is 0.257. The monoisotopic (exact) mass is 446 g/mol. The molecule has 0 aliphatic carbocycles. The molecule has 7 heteroatoms. The zero-order chi connectivity index (χ0) is 19.3. The standard InChI is InChI=1S/C21H23BrN2O4/c22-18-13-20-19(27-9-10-28-20)11-16(18)12-21(25)23-17-3-1-15(2-4-17)14-24-5-7-26-8-6-24/h1-4,11,13H,5-10,12,14H2,(H,23,25). The number of fused-ring (bicyclic) bond motifs is 1. The van der Waals surface area contributed by atoms with Crippen molar-refractivity contribution >= 4 is 27.5 Å². The number of nitrogens with one attached hydrogen (secondary N) is 1. The molecule has 0 spiro atoms. The number of morpholine rings is 1. The van der Waals surface area contributed by atoms with E-state index in [-0.39, 0.29) is 12.3 Å². The lowest BCUT2D eigenvalue weighted by Gasteiger charge is -2.26. The molecule has 0 aromatic heterocycles. The van der Waals surface area contributed by atoms with Crippen LogP contribution in [0.25, 0.3) is 0 Å². The third-order valence-electron chi connectivity index (χ3n) is 4.81. The SMILES string of the molecule is O=C(Cc1cc2c(cc1Br)OCCO2)Nc1ccc(CN2CCOCC2)cc1. The molecule has 1 saturated heterocycles. The smallest absolute Gasteiger partial charge is 0.228 e. The van der Waals surface area contributed by atoms with Crippen LogP contribution in [0.1, 0.15) is 11.1 Å². The van der Waals surface area contributed by atoms with E-state index in [1.807, 2.05) is 24.3 Å². The minimum atomic E-state index is -0.0710. The van der Waals surface area contributed by atoms with Crippen LogP contribution in [0.3, 0.4) is 0 Å². The fourth-order valence-corrected chi connectivity index (χ4v) is 3.79. The van der Waals surface area contributed by atoms with Crippen LogP contribution in [0.15, 0.2) is 40.9 Å². The van der Waals surface area contributed by atoms with Crippen molar-refractivity contribution in [3.8, 4) is 11.5 Å². The molecule has 2 aromatic carbocycles. The molecule has 2 aliphatic heterocycles. The third kappa shape index (κ3) is 4.84. The van der Waals surface area contributed by atoms with Crippen molar-refractivity contribution < 1.29 is 19.0 Å². The fraction of sp³-hybridized carbons (Fsp3) is 0.381. The second kappa shape index (κ2) is 8.94. The highest BCUT2D eigenvalue weighted by molar-refractivity contribution is 9.10. The quantitative estimate of drug-likeness (QED) is 0.763. The summed E-state index contributed by atoms with van der Waals surface area (Å²) in [5.74, 6) is 1.32. The van der Waals surface area contributed by atoms with Crippen molar-refractivity contribution in [3.05, 3.63) is 52.0 Å². The Balaban J connectivity index is 1.34. The molecule has 1 fully saturated rings. The maximum Gasteiger partial charge on any atom is 0.228 e. The highest BCUT2D eigenvalue weighted by atomic mass is 79.9. The van der Waals surface area contributed by atoms with Gasteiger partial charge in [-0.05, 0) is 35.4 Å². The summed E-state index contributed by atoms with van der Waals surface area (Å²) in [7, 11) is 0. The first-order valence-corrected chi connectivity index (χ1v) is 10.2. The Morgan fingerprint density at radius 1 is 1.00 bits per heavy atom. The van der Waals surface area contributed by atoms with Crippen molar-refractivity contribution in [2.75, 3.05) is 44.8 Å². The summed E-state index contributed by atoms with van der Waals surface area (Å²) in [5.41, 5.74) is 2.89. The van der Waals surface area contributed by atoms with Gasteiger partial charge in [0.05, 0.1) is 19.6 Å². The van der Waals surface area contributed by atoms with E-state index in [0.717, 1.165) is 48.6 Å². The molecule has 148 valence electrons. The van der Waals surface area contributed by atoms with Crippen molar-refractivity contribution in [2.45, 2.75) is 13.0 Å². The molecule has 1 amide bonds. The minimum Gasteiger partial charge on any atom is -0.486 e. The van der Waals surface area contributed by atoms with Crippen LogP contribution in [0.5, 0.6) is 11.5 Å². The van der Waals surface area contributed by atoms with Gasteiger partial charge in [-0.1, -0.05) is 28.1 Å². The highest BCUT2D eigenvalue weighted by Crippen LogP contribution is 2.35. The first-order chi connectivity index (χ1) is 13.7. The summed E-state index contributed by atoms with van der Waals surface area (Å²) in [4.78, 5) is 14.8. The Kier molecular flexibility index (Phi) is 6.14. The molecule has 2 aliphatic rings. The summed E-state index contributed by atoms with van der Waals surface area (Å²) < 4.78 is 17.4. The average molecular weight is 447 g/mol. The van der Waals surface area contributed by atoms with Gasteiger partial charge in [0.2, 0.25) is 5.91 Å². The van der Waals surface area contributed by atoms with Crippen molar-refractivity contribution in [2.24, 2.45) is 0 Å². The van der Waals surface area contributed by atoms with E-state index in [1.54, 1.807) is 0 Å². The van der Waals surface area contributed by atoms with Crippen molar-refractivity contribution in [3.63, 3.8) is 0 Å². The molecule has 6 nitrogen and oxygen atoms in total. The maximum atomic E-state index is 12.5. The molecule has 0 unspecified atom stereocenters. The van der Waals surface area contributed by atoms with Gasteiger partial charge in [-0.2, -0.15) is 0 Å². The lowest BCUT2D eigenvalue weighted by molar-refractivity contribution is -0.115. The van der Waals surface area contributed by atoms with Crippen molar-refractivity contribution in [1.29, 1.82) is 0 Å². The summed E-state index contributed by atoms with van der Waals surface area (Å²) >= 11 is 3.52. The number of nitrogens with zero attached hydrogens (tertiary/aromatic N) is 1. The molecular formula is C21H23BrN2O4. The van der Waals surface area contributed by atoms with Gasteiger partial charge in [0.1, 0.15) is 13.2 Å². The number of hydrogen-bond acceptors (Lipinski definition) is 5. The second-order valence-electron chi connectivity index (χ2n) is 6.90. The average Bonchev–Trinajstić information content (AvgIpc) is 2.71. The molecule has 0 saturated carbocycles. The number of carbonyl (C=O) groups excluding carboxylic acids is 1. The zero-order valence-corrected chi connectivity index (χ0v) is 17.2. The van der Waals surface area contributed by atoms with Crippen LogP contribution in [-0.2, 0) is 22.5 Å². The Morgan fingerprint density at radius 2 is 1.68 bits per heavy atom. The molecule has 4 rings (SSSR count). The molecule has 0 bridgehead atoms. The van der Waals surface area contributed by atoms with E-state index in [9.17, 15) is 4.79 Å². The van der Waals surface area contributed by atoms with E-state index < -0.39 is 0 Å². The minimum absolute atomic E-state index is 0.0710.